The molecule has 0 rings (SSSR count). The first kappa shape index (κ1) is 15.4. The molecule has 0 fully saturated rings. The molecule has 0 radical (unpaired) electrons. The van der Waals surface area contributed by atoms with Crippen LogP contribution in [-0.2, 0) is 4.79 Å². The van der Waals surface area contributed by atoms with Gasteiger partial charge in [0, 0.05) is 6.04 Å². The topological polar surface area (TPSA) is 63.3 Å². The minimum absolute atomic E-state index is 0.216. The van der Waals surface area contributed by atoms with Crippen molar-refractivity contribution in [2.24, 2.45) is 23.5 Å². The van der Waals surface area contributed by atoms with E-state index < -0.39 is 11.9 Å². The molecule has 0 saturated heterocycles. The number of hydrogen-bond donors (Lipinski definition) is 2. The van der Waals surface area contributed by atoms with Gasteiger partial charge in [-0.2, -0.15) is 0 Å². The van der Waals surface area contributed by atoms with Crippen molar-refractivity contribution in [3.63, 3.8) is 0 Å². The van der Waals surface area contributed by atoms with Crippen LogP contribution in [0.15, 0.2) is 0 Å². The van der Waals surface area contributed by atoms with Crippen molar-refractivity contribution < 1.29 is 9.90 Å². The summed E-state index contributed by atoms with van der Waals surface area (Å²) in [6.07, 6.45) is 4.42. The SMILES string of the molecule is CC(C)CCCC(C)CC(N)C(C)C(=O)O. The summed E-state index contributed by atoms with van der Waals surface area (Å²) < 4.78 is 0. The maximum Gasteiger partial charge on any atom is 0.307 e. The van der Waals surface area contributed by atoms with Crippen molar-refractivity contribution in [2.45, 2.75) is 59.4 Å². The zero-order valence-electron chi connectivity index (χ0n) is 11.1. The third-order valence-electron chi connectivity index (χ3n) is 3.18. The summed E-state index contributed by atoms with van der Waals surface area (Å²) in [6.45, 7) is 8.30. The normalized spacial score (nSPS) is 17.1. The van der Waals surface area contributed by atoms with Crippen molar-refractivity contribution in [2.75, 3.05) is 0 Å². The van der Waals surface area contributed by atoms with E-state index >= 15 is 0 Å². The van der Waals surface area contributed by atoms with Gasteiger partial charge >= 0.3 is 5.97 Å². The summed E-state index contributed by atoms with van der Waals surface area (Å²) >= 11 is 0. The average molecular weight is 229 g/mol. The van der Waals surface area contributed by atoms with E-state index in [0.29, 0.717) is 5.92 Å². The number of carboxylic acids is 1. The lowest BCUT2D eigenvalue weighted by molar-refractivity contribution is -0.141. The van der Waals surface area contributed by atoms with Gasteiger partial charge in [0.05, 0.1) is 5.92 Å². The second-order valence-electron chi connectivity index (χ2n) is 5.46. The van der Waals surface area contributed by atoms with Crippen LogP contribution < -0.4 is 5.73 Å². The Morgan fingerprint density at radius 2 is 1.75 bits per heavy atom. The van der Waals surface area contributed by atoms with Gasteiger partial charge in [-0.25, -0.2) is 0 Å². The van der Waals surface area contributed by atoms with E-state index in [-0.39, 0.29) is 6.04 Å². The summed E-state index contributed by atoms with van der Waals surface area (Å²) in [4.78, 5) is 10.7. The van der Waals surface area contributed by atoms with Crippen molar-refractivity contribution in [1.29, 1.82) is 0 Å². The Morgan fingerprint density at radius 1 is 1.19 bits per heavy atom. The summed E-state index contributed by atoms with van der Waals surface area (Å²) in [6, 6.07) is -0.216. The van der Waals surface area contributed by atoms with E-state index in [1.54, 1.807) is 6.92 Å². The smallest absolute Gasteiger partial charge is 0.307 e. The Hall–Kier alpha value is -0.570. The minimum atomic E-state index is -0.790. The highest BCUT2D eigenvalue weighted by Gasteiger charge is 2.21. The van der Waals surface area contributed by atoms with Gasteiger partial charge in [0.15, 0.2) is 0 Å². The van der Waals surface area contributed by atoms with E-state index in [0.717, 1.165) is 18.8 Å². The molecule has 0 aromatic heterocycles. The Morgan fingerprint density at radius 3 is 2.19 bits per heavy atom. The van der Waals surface area contributed by atoms with Gasteiger partial charge in [0.2, 0.25) is 0 Å². The van der Waals surface area contributed by atoms with Crippen LogP contribution in [0.1, 0.15) is 53.4 Å². The molecule has 0 aliphatic rings. The number of hydrogen-bond acceptors (Lipinski definition) is 2. The standard InChI is InChI=1S/C13H27NO2/c1-9(2)6-5-7-10(3)8-12(14)11(4)13(15)16/h9-12H,5-8,14H2,1-4H3,(H,15,16). The Kier molecular flexibility index (Phi) is 7.39. The van der Waals surface area contributed by atoms with Crippen LogP contribution in [0.5, 0.6) is 0 Å². The van der Waals surface area contributed by atoms with E-state index in [9.17, 15) is 4.79 Å². The highest BCUT2D eigenvalue weighted by molar-refractivity contribution is 5.70. The molecule has 0 saturated carbocycles. The first-order chi connectivity index (χ1) is 7.34. The highest BCUT2D eigenvalue weighted by Crippen LogP contribution is 2.18. The second kappa shape index (κ2) is 7.66. The fraction of sp³-hybridized carbons (Fsp3) is 0.923. The lowest BCUT2D eigenvalue weighted by Crippen LogP contribution is -2.34. The molecule has 0 spiro atoms. The molecule has 16 heavy (non-hydrogen) atoms. The third-order valence-corrected chi connectivity index (χ3v) is 3.18. The van der Waals surface area contributed by atoms with E-state index in [1.807, 2.05) is 0 Å². The number of rotatable bonds is 8. The maximum atomic E-state index is 10.7. The zero-order chi connectivity index (χ0) is 12.7. The van der Waals surface area contributed by atoms with Gasteiger partial charge in [0.1, 0.15) is 0 Å². The first-order valence-electron chi connectivity index (χ1n) is 6.33. The molecular formula is C13H27NO2. The molecule has 0 heterocycles. The Bertz CT molecular complexity index is 204. The average Bonchev–Trinajstić information content (AvgIpc) is 2.15. The summed E-state index contributed by atoms with van der Waals surface area (Å²) in [5, 5.41) is 8.83. The van der Waals surface area contributed by atoms with E-state index in [1.165, 1.54) is 12.8 Å². The largest absolute Gasteiger partial charge is 0.481 e. The molecule has 3 heteroatoms. The van der Waals surface area contributed by atoms with Gasteiger partial charge in [0.25, 0.3) is 0 Å². The highest BCUT2D eigenvalue weighted by atomic mass is 16.4. The van der Waals surface area contributed by atoms with Gasteiger partial charge < -0.3 is 10.8 Å². The molecule has 3 N–H and O–H groups in total. The van der Waals surface area contributed by atoms with Crippen LogP contribution in [0.2, 0.25) is 0 Å². The number of carboxylic acid groups (broad SMARTS) is 1. The van der Waals surface area contributed by atoms with Crippen LogP contribution >= 0.6 is 0 Å². The monoisotopic (exact) mass is 229 g/mol. The van der Waals surface area contributed by atoms with Gasteiger partial charge in [-0.1, -0.05) is 47.0 Å². The van der Waals surface area contributed by atoms with Crippen molar-refractivity contribution in [1.82, 2.24) is 0 Å². The maximum absolute atomic E-state index is 10.7. The molecule has 3 nitrogen and oxygen atoms in total. The quantitative estimate of drug-likeness (QED) is 0.672. The number of aliphatic carboxylic acids is 1. The molecule has 0 aliphatic carbocycles. The van der Waals surface area contributed by atoms with Gasteiger partial charge in [-0.3, -0.25) is 4.79 Å². The molecule has 0 bridgehead atoms. The summed E-state index contributed by atoms with van der Waals surface area (Å²) in [5.74, 6) is 0.0452. The minimum Gasteiger partial charge on any atom is -0.481 e. The molecule has 3 atom stereocenters. The fourth-order valence-corrected chi connectivity index (χ4v) is 1.84. The lowest BCUT2D eigenvalue weighted by atomic mass is 9.89. The van der Waals surface area contributed by atoms with Crippen LogP contribution in [0.4, 0.5) is 0 Å². The van der Waals surface area contributed by atoms with Crippen molar-refractivity contribution >= 4 is 5.97 Å². The lowest BCUT2D eigenvalue weighted by Gasteiger charge is -2.20. The molecular weight excluding hydrogens is 202 g/mol. The molecule has 3 unspecified atom stereocenters. The van der Waals surface area contributed by atoms with Crippen LogP contribution in [0, 0.1) is 17.8 Å². The number of nitrogens with two attached hydrogens (primary N) is 1. The Labute approximate surface area is 99.4 Å². The molecule has 0 amide bonds. The van der Waals surface area contributed by atoms with Crippen molar-refractivity contribution in [3.8, 4) is 0 Å². The molecule has 96 valence electrons. The molecule has 0 aromatic rings. The zero-order valence-corrected chi connectivity index (χ0v) is 11.1. The predicted molar refractivity (Wildman–Crippen MR) is 67.2 cm³/mol. The van der Waals surface area contributed by atoms with E-state index in [2.05, 4.69) is 20.8 Å². The van der Waals surface area contributed by atoms with Crippen LogP contribution in [0.25, 0.3) is 0 Å². The van der Waals surface area contributed by atoms with E-state index in [4.69, 9.17) is 10.8 Å². The third kappa shape index (κ3) is 6.83. The van der Waals surface area contributed by atoms with Crippen molar-refractivity contribution in [3.05, 3.63) is 0 Å². The Balaban J connectivity index is 3.77. The molecule has 0 aliphatic heterocycles. The van der Waals surface area contributed by atoms with Crippen LogP contribution in [0.3, 0.4) is 0 Å². The summed E-state index contributed by atoms with van der Waals surface area (Å²) in [7, 11) is 0. The molecule has 0 aromatic carbocycles. The van der Waals surface area contributed by atoms with Gasteiger partial charge in [-0.05, 0) is 18.3 Å². The second-order valence-corrected chi connectivity index (χ2v) is 5.46. The fourth-order valence-electron chi connectivity index (χ4n) is 1.84. The first-order valence-corrected chi connectivity index (χ1v) is 6.33. The van der Waals surface area contributed by atoms with Gasteiger partial charge in [-0.15, -0.1) is 0 Å². The predicted octanol–water partition coefficient (Wildman–Crippen LogP) is 2.89. The number of carbonyl (C=O) groups is 1. The van der Waals surface area contributed by atoms with Crippen LogP contribution in [-0.4, -0.2) is 17.1 Å². The summed E-state index contributed by atoms with van der Waals surface area (Å²) in [5.41, 5.74) is 5.87.